The SMILES string of the molecule is CC(C)Oc1ccc(N(C)C(=O)/C=C/C(=O)O)cc1. The van der Waals surface area contributed by atoms with Gasteiger partial charge in [0.05, 0.1) is 6.10 Å². The summed E-state index contributed by atoms with van der Waals surface area (Å²) in [6, 6.07) is 7.01. The molecule has 0 aliphatic carbocycles. The fourth-order valence-electron chi connectivity index (χ4n) is 1.40. The minimum absolute atomic E-state index is 0.0868. The predicted molar refractivity (Wildman–Crippen MR) is 72.4 cm³/mol. The second-order valence-electron chi connectivity index (χ2n) is 4.23. The lowest BCUT2D eigenvalue weighted by atomic mass is 10.2. The number of carboxylic acid groups (broad SMARTS) is 1. The summed E-state index contributed by atoms with van der Waals surface area (Å²) in [6.45, 7) is 3.86. The summed E-state index contributed by atoms with van der Waals surface area (Å²) >= 11 is 0. The van der Waals surface area contributed by atoms with E-state index in [1.165, 1.54) is 4.90 Å². The van der Waals surface area contributed by atoms with Crippen molar-refractivity contribution in [3.05, 3.63) is 36.4 Å². The number of rotatable bonds is 5. The summed E-state index contributed by atoms with van der Waals surface area (Å²) in [5, 5.41) is 8.46. The van der Waals surface area contributed by atoms with Gasteiger partial charge in [-0.05, 0) is 38.1 Å². The summed E-state index contributed by atoms with van der Waals surface area (Å²) in [4.78, 5) is 23.4. The van der Waals surface area contributed by atoms with Crippen LogP contribution < -0.4 is 9.64 Å². The van der Waals surface area contributed by atoms with Gasteiger partial charge in [0.25, 0.3) is 5.91 Å². The zero-order chi connectivity index (χ0) is 14.4. The van der Waals surface area contributed by atoms with Crippen molar-refractivity contribution < 1.29 is 19.4 Å². The third-order valence-electron chi connectivity index (χ3n) is 2.29. The van der Waals surface area contributed by atoms with Crippen LogP contribution in [0.2, 0.25) is 0 Å². The average Bonchev–Trinajstić information content (AvgIpc) is 2.35. The first kappa shape index (κ1) is 14.8. The summed E-state index contributed by atoms with van der Waals surface area (Å²) in [5.74, 6) is -0.831. The molecule has 0 saturated carbocycles. The molecule has 1 rings (SSSR count). The maximum Gasteiger partial charge on any atom is 0.328 e. The molecule has 0 bridgehead atoms. The van der Waals surface area contributed by atoms with Crippen LogP contribution in [0.3, 0.4) is 0 Å². The Hall–Kier alpha value is -2.30. The number of carboxylic acids is 1. The van der Waals surface area contributed by atoms with Gasteiger partial charge in [-0.25, -0.2) is 4.79 Å². The van der Waals surface area contributed by atoms with Crippen LogP contribution >= 0.6 is 0 Å². The molecule has 1 aromatic rings. The van der Waals surface area contributed by atoms with E-state index in [1.807, 2.05) is 13.8 Å². The molecule has 0 saturated heterocycles. The van der Waals surface area contributed by atoms with E-state index in [9.17, 15) is 9.59 Å². The van der Waals surface area contributed by atoms with Crippen LogP contribution in [-0.4, -0.2) is 30.1 Å². The van der Waals surface area contributed by atoms with Gasteiger partial charge in [-0.1, -0.05) is 0 Å². The van der Waals surface area contributed by atoms with Crippen molar-refractivity contribution in [1.29, 1.82) is 0 Å². The number of likely N-dealkylation sites (N-methyl/N-ethyl adjacent to an activating group) is 1. The molecular formula is C14H17NO4. The Balaban J connectivity index is 2.74. The first-order valence-corrected chi connectivity index (χ1v) is 5.85. The Bertz CT molecular complexity index is 477. The van der Waals surface area contributed by atoms with E-state index in [0.717, 1.165) is 17.9 Å². The van der Waals surface area contributed by atoms with Gasteiger partial charge in [-0.15, -0.1) is 0 Å². The number of ether oxygens (including phenoxy) is 1. The minimum Gasteiger partial charge on any atom is -0.491 e. The first-order chi connectivity index (χ1) is 8.90. The van der Waals surface area contributed by atoms with Crippen LogP contribution in [0.25, 0.3) is 0 Å². The predicted octanol–water partition coefficient (Wildman–Crippen LogP) is 2.08. The van der Waals surface area contributed by atoms with E-state index in [4.69, 9.17) is 9.84 Å². The van der Waals surface area contributed by atoms with Crippen molar-refractivity contribution in [2.75, 3.05) is 11.9 Å². The minimum atomic E-state index is -1.15. The molecule has 19 heavy (non-hydrogen) atoms. The summed E-state index contributed by atoms with van der Waals surface area (Å²) in [5.41, 5.74) is 0.663. The van der Waals surface area contributed by atoms with Crippen LogP contribution in [0.1, 0.15) is 13.8 Å². The van der Waals surface area contributed by atoms with Crippen molar-refractivity contribution in [2.24, 2.45) is 0 Å². The zero-order valence-corrected chi connectivity index (χ0v) is 11.2. The Labute approximate surface area is 112 Å². The lowest BCUT2D eigenvalue weighted by molar-refractivity contribution is -0.131. The van der Waals surface area contributed by atoms with Gasteiger partial charge in [0, 0.05) is 24.9 Å². The van der Waals surface area contributed by atoms with Crippen molar-refractivity contribution >= 4 is 17.6 Å². The van der Waals surface area contributed by atoms with Gasteiger partial charge in [-0.3, -0.25) is 4.79 Å². The van der Waals surface area contributed by atoms with Crippen molar-refractivity contribution in [2.45, 2.75) is 20.0 Å². The molecule has 0 fully saturated rings. The van der Waals surface area contributed by atoms with E-state index in [1.54, 1.807) is 31.3 Å². The van der Waals surface area contributed by atoms with Gasteiger partial charge in [0.2, 0.25) is 0 Å². The third-order valence-corrected chi connectivity index (χ3v) is 2.29. The van der Waals surface area contributed by atoms with E-state index >= 15 is 0 Å². The molecule has 0 spiro atoms. The fourth-order valence-corrected chi connectivity index (χ4v) is 1.40. The van der Waals surface area contributed by atoms with Crippen LogP contribution in [0.15, 0.2) is 36.4 Å². The number of carbonyl (C=O) groups excluding carboxylic acids is 1. The van der Waals surface area contributed by atoms with Gasteiger partial charge in [-0.2, -0.15) is 0 Å². The van der Waals surface area contributed by atoms with E-state index in [0.29, 0.717) is 5.69 Å². The Morgan fingerprint density at radius 2 is 1.79 bits per heavy atom. The molecule has 1 amide bonds. The number of nitrogens with zero attached hydrogens (tertiary/aromatic N) is 1. The number of anilines is 1. The molecule has 5 nitrogen and oxygen atoms in total. The van der Waals surface area contributed by atoms with Gasteiger partial charge in [0.15, 0.2) is 0 Å². The number of hydrogen-bond donors (Lipinski definition) is 1. The van der Waals surface area contributed by atoms with Crippen LogP contribution in [0.5, 0.6) is 5.75 Å². The highest BCUT2D eigenvalue weighted by atomic mass is 16.5. The van der Waals surface area contributed by atoms with Gasteiger partial charge < -0.3 is 14.7 Å². The topological polar surface area (TPSA) is 66.8 Å². The Morgan fingerprint density at radius 3 is 2.26 bits per heavy atom. The molecule has 1 N–H and O–H groups in total. The Kier molecular flexibility index (Phi) is 5.11. The number of benzene rings is 1. The van der Waals surface area contributed by atoms with E-state index in [-0.39, 0.29) is 6.10 Å². The maximum atomic E-state index is 11.7. The van der Waals surface area contributed by atoms with Crippen LogP contribution in [0, 0.1) is 0 Å². The van der Waals surface area contributed by atoms with E-state index in [2.05, 4.69) is 0 Å². The monoisotopic (exact) mass is 263 g/mol. The van der Waals surface area contributed by atoms with Gasteiger partial charge in [0.1, 0.15) is 5.75 Å². The van der Waals surface area contributed by atoms with E-state index < -0.39 is 11.9 Å². The average molecular weight is 263 g/mol. The molecule has 0 aliphatic heterocycles. The lowest BCUT2D eigenvalue weighted by Crippen LogP contribution is -2.24. The molecule has 0 heterocycles. The molecule has 102 valence electrons. The highest BCUT2D eigenvalue weighted by Gasteiger charge is 2.08. The second kappa shape index (κ2) is 6.58. The molecular weight excluding hydrogens is 246 g/mol. The molecule has 1 aromatic carbocycles. The highest BCUT2D eigenvalue weighted by Crippen LogP contribution is 2.19. The molecule has 5 heteroatoms. The van der Waals surface area contributed by atoms with Crippen molar-refractivity contribution in [3.8, 4) is 5.75 Å². The second-order valence-corrected chi connectivity index (χ2v) is 4.23. The summed E-state index contributed by atoms with van der Waals surface area (Å²) in [6.07, 6.45) is 1.92. The third kappa shape index (κ3) is 4.83. The number of amides is 1. The number of aliphatic carboxylic acids is 1. The molecule has 0 unspecified atom stereocenters. The summed E-state index contributed by atoms with van der Waals surface area (Å²) in [7, 11) is 1.58. The maximum absolute atomic E-state index is 11.7. The quantitative estimate of drug-likeness (QED) is 0.826. The highest BCUT2D eigenvalue weighted by molar-refractivity contribution is 6.03. The fraction of sp³-hybridized carbons (Fsp3) is 0.286. The smallest absolute Gasteiger partial charge is 0.328 e. The zero-order valence-electron chi connectivity index (χ0n) is 11.2. The molecule has 0 radical (unpaired) electrons. The van der Waals surface area contributed by atoms with Crippen LogP contribution in [0.4, 0.5) is 5.69 Å². The van der Waals surface area contributed by atoms with Crippen molar-refractivity contribution in [3.63, 3.8) is 0 Å². The molecule has 0 aliphatic rings. The lowest BCUT2D eigenvalue weighted by Gasteiger charge is -2.16. The summed E-state index contributed by atoms with van der Waals surface area (Å²) < 4.78 is 5.49. The first-order valence-electron chi connectivity index (χ1n) is 5.85. The number of carbonyl (C=O) groups is 2. The molecule has 0 aromatic heterocycles. The Morgan fingerprint density at radius 1 is 1.21 bits per heavy atom. The van der Waals surface area contributed by atoms with Crippen LogP contribution in [-0.2, 0) is 9.59 Å². The van der Waals surface area contributed by atoms with Gasteiger partial charge >= 0.3 is 5.97 Å². The molecule has 0 atom stereocenters. The number of hydrogen-bond acceptors (Lipinski definition) is 3. The largest absolute Gasteiger partial charge is 0.491 e. The normalized spacial score (nSPS) is 10.7. The van der Waals surface area contributed by atoms with Crippen molar-refractivity contribution in [1.82, 2.24) is 0 Å². The standard InChI is InChI=1S/C14H17NO4/c1-10(2)19-12-6-4-11(5-7-12)15(3)13(16)8-9-14(17)18/h4-10H,1-3H3,(H,17,18)/b9-8+.